The number of thiazole rings is 1. The quantitative estimate of drug-likeness (QED) is 0.574. The number of guanidine groups is 1. The summed E-state index contributed by atoms with van der Waals surface area (Å²) in [6, 6.07) is 0. The van der Waals surface area contributed by atoms with Crippen LogP contribution in [-0.4, -0.2) is 59.0 Å². The summed E-state index contributed by atoms with van der Waals surface area (Å²) in [6.07, 6.45) is 3.52. The second kappa shape index (κ2) is 8.70. The van der Waals surface area contributed by atoms with Crippen molar-refractivity contribution in [3.8, 4) is 0 Å². The molecule has 0 unspecified atom stereocenters. The summed E-state index contributed by atoms with van der Waals surface area (Å²) in [4.78, 5) is 14.8. The molecule has 28 heavy (non-hydrogen) atoms. The third kappa shape index (κ3) is 4.54. The van der Waals surface area contributed by atoms with E-state index in [-0.39, 0.29) is 5.54 Å². The molecule has 0 atom stereocenters. The topological polar surface area (TPSA) is 43.8 Å². The minimum absolute atomic E-state index is 0.155. The van der Waals surface area contributed by atoms with E-state index in [0.717, 1.165) is 51.6 Å². The van der Waals surface area contributed by atoms with E-state index in [1.165, 1.54) is 23.5 Å². The van der Waals surface area contributed by atoms with Gasteiger partial charge in [-0.1, -0.05) is 20.8 Å². The van der Waals surface area contributed by atoms with Gasteiger partial charge < -0.3 is 10.2 Å². The molecule has 2 fully saturated rings. The molecule has 2 aliphatic heterocycles. The Morgan fingerprint density at radius 2 is 1.96 bits per heavy atom. The highest BCUT2D eigenvalue weighted by molar-refractivity contribution is 7.09. The molecule has 0 aliphatic carbocycles. The van der Waals surface area contributed by atoms with Gasteiger partial charge in [0.2, 0.25) is 0 Å². The normalized spacial score (nSPS) is 22.9. The minimum atomic E-state index is 0.155. The zero-order chi connectivity index (χ0) is 20.4. The second-order valence-electron chi connectivity index (χ2n) is 9.53. The average molecular weight is 406 g/mol. The van der Waals surface area contributed by atoms with E-state index in [2.05, 4.69) is 62.0 Å². The van der Waals surface area contributed by atoms with Gasteiger partial charge in [-0.05, 0) is 59.0 Å². The molecule has 5 nitrogen and oxygen atoms in total. The molecule has 3 rings (SSSR count). The molecular formula is C22H39N5S. The summed E-state index contributed by atoms with van der Waals surface area (Å²) in [5.74, 6) is 1.80. The van der Waals surface area contributed by atoms with Crippen molar-refractivity contribution in [1.82, 2.24) is 20.1 Å². The first kappa shape index (κ1) is 21.6. The van der Waals surface area contributed by atoms with E-state index in [1.54, 1.807) is 11.3 Å². The third-order valence-corrected chi connectivity index (χ3v) is 8.01. The second-order valence-corrected chi connectivity index (χ2v) is 10.5. The number of aryl methyl sites for hydroxylation is 1. The van der Waals surface area contributed by atoms with E-state index in [4.69, 9.17) is 9.98 Å². The molecule has 0 bridgehead atoms. The van der Waals surface area contributed by atoms with Crippen molar-refractivity contribution in [1.29, 1.82) is 0 Å². The fourth-order valence-electron chi connectivity index (χ4n) is 4.15. The molecule has 1 aromatic rings. The van der Waals surface area contributed by atoms with Crippen LogP contribution >= 0.6 is 11.3 Å². The van der Waals surface area contributed by atoms with Gasteiger partial charge in [-0.25, -0.2) is 4.98 Å². The van der Waals surface area contributed by atoms with Crippen molar-refractivity contribution in [3.63, 3.8) is 0 Å². The van der Waals surface area contributed by atoms with E-state index in [1.807, 2.05) is 0 Å². The molecule has 3 heterocycles. The summed E-state index contributed by atoms with van der Waals surface area (Å²) in [5.41, 5.74) is 1.74. The van der Waals surface area contributed by atoms with E-state index >= 15 is 0 Å². The van der Waals surface area contributed by atoms with Gasteiger partial charge in [-0.15, -0.1) is 11.3 Å². The first-order valence-corrected chi connectivity index (χ1v) is 11.9. The zero-order valence-electron chi connectivity index (χ0n) is 18.7. The fraction of sp³-hybridized carbons (Fsp3) is 0.818. The van der Waals surface area contributed by atoms with E-state index in [9.17, 15) is 0 Å². The van der Waals surface area contributed by atoms with Crippen molar-refractivity contribution < 1.29 is 0 Å². The Bertz CT molecular complexity index is 670. The highest BCUT2D eigenvalue weighted by atomic mass is 32.1. The van der Waals surface area contributed by atoms with Crippen LogP contribution in [0.25, 0.3) is 0 Å². The number of piperidine rings is 1. The van der Waals surface area contributed by atoms with Gasteiger partial charge in [-0.3, -0.25) is 9.89 Å². The van der Waals surface area contributed by atoms with Gasteiger partial charge in [0.05, 0.1) is 10.7 Å². The molecule has 2 saturated heterocycles. The van der Waals surface area contributed by atoms with Crippen LogP contribution in [0.2, 0.25) is 0 Å². The predicted octanol–water partition coefficient (Wildman–Crippen LogP) is 4.00. The number of nitrogens with one attached hydrogen (secondary N) is 1. The first-order chi connectivity index (χ1) is 13.3. The van der Waals surface area contributed by atoms with Crippen LogP contribution in [0.1, 0.15) is 65.1 Å². The van der Waals surface area contributed by atoms with Crippen LogP contribution in [0.3, 0.4) is 0 Å². The average Bonchev–Trinajstić information content (AvgIpc) is 3.12. The van der Waals surface area contributed by atoms with Crippen molar-refractivity contribution in [3.05, 3.63) is 16.1 Å². The molecule has 6 heteroatoms. The molecular weight excluding hydrogens is 366 g/mol. The van der Waals surface area contributed by atoms with Crippen molar-refractivity contribution in [2.75, 3.05) is 32.7 Å². The molecule has 2 aliphatic rings. The number of rotatable bonds is 6. The van der Waals surface area contributed by atoms with Crippen LogP contribution < -0.4 is 5.32 Å². The lowest BCUT2D eigenvalue weighted by molar-refractivity contribution is -0.0668. The Balaban J connectivity index is 1.50. The Kier molecular flexibility index (Phi) is 6.70. The van der Waals surface area contributed by atoms with Crippen LogP contribution in [0, 0.1) is 11.3 Å². The van der Waals surface area contributed by atoms with Gasteiger partial charge in [0.25, 0.3) is 0 Å². The molecule has 0 amide bonds. The highest BCUT2D eigenvalue weighted by Crippen LogP contribution is 2.46. The molecule has 0 saturated carbocycles. The van der Waals surface area contributed by atoms with Crippen molar-refractivity contribution in [2.45, 2.75) is 72.9 Å². The smallest absolute Gasteiger partial charge is 0.194 e. The number of likely N-dealkylation sites (tertiary alicyclic amines) is 2. The van der Waals surface area contributed by atoms with Crippen LogP contribution in [0.4, 0.5) is 0 Å². The van der Waals surface area contributed by atoms with Gasteiger partial charge in [0, 0.05) is 42.5 Å². The molecule has 1 aromatic heterocycles. The maximum atomic E-state index is 5.05. The largest absolute Gasteiger partial charge is 0.356 e. The Morgan fingerprint density at radius 1 is 1.25 bits per heavy atom. The summed E-state index contributed by atoms with van der Waals surface area (Å²) < 4.78 is 0. The lowest BCUT2D eigenvalue weighted by atomic mass is 9.65. The molecule has 158 valence electrons. The summed E-state index contributed by atoms with van der Waals surface area (Å²) in [5, 5.41) is 7.01. The van der Waals surface area contributed by atoms with Gasteiger partial charge in [0.1, 0.15) is 0 Å². The monoisotopic (exact) mass is 405 g/mol. The lowest BCUT2D eigenvalue weighted by Gasteiger charge is -2.62. The van der Waals surface area contributed by atoms with E-state index < -0.39 is 0 Å². The zero-order valence-corrected chi connectivity index (χ0v) is 19.5. The third-order valence-electron chi connectivity index (χ3n) is 6.97. The molecule has 0 spiro atoms. The molecule has 0 radical (unpaired) electrons. The lowest BCUT2D eigenvalue weighted by Crippen LogP contribution is -2.72. The Morgan fingerprint density at radius 3 is 2.50 bits per heavy atom. The van der Waals surface area contributed by atoms with Gasteiger partial charge in [-0.2, -0.15) is 0 Å². The predicted molar refractivity (Wildman–Crippen MR) is 120 cm³/mol. The standard InChI is InChI=1S/C22H39N5S/c1-7-19-25-18(15-28-19)14-26-11-9-17(10-12-26)13-24-20(23-8-2)27-16-21(3,4)22(27,5)6/h15,17H,7-14,16H2,1-6H3,(H,23,24). The van der Waals surface area contributed by atoms with Crippen LogP contribution in [0.15, 0.2) is 10.4 Å². The highest BCUT2D eigenvalue weighted by Gasteiger charge is 2.53. The molecule has 0 aromatic carbocycles. The Hall–Kier alpha value is -1.14. The minimum Gasteiger partial charge on any atom is -0.356 e. The van der Waals surface area contributed by atoms with Crippen LogP contribution in [-0.2, 0) is 13.0 Å². The number of hydrogen-bond donors (Lipinski definition) is 1. The summed E-state index contributed by atoms with van der Waals surface area (Å²) >= 11 is 1.80. The van der Waals surface area contributed by atoms with Crippen LogP contribution in [0.5, 0.6) is 0 Å². The fourth-order valence-corrected chi connectivity index (χ4v) is 4.89. The first-order valence-electron chi connectivity index (χ1n) is 11.0. The van der Waals surface area contributed by atoms with Gasteiger partial charge in [0.15, 0.2) is 5.96 Å². The maximum Gasteiger partial charge on any atom is 0.194 e. The van der Waals surface area contributed by atoms with Crippen molar-refractivity contribution >= 4 is 17.3 Å². The number of aromatic nitrogens is 1. The van der Waals surface area contributed by atoms with Gasteiger partial charge >= 0.3 is 0 Å². The van der Waals surface area contributed by atoms with Crippen molar-refractivity contribution in [2.24, 2.45) is 16.3 Å². The number of nitrogens with zero attached hydrogens (tertiary/aromatic N) is 4. The van der Waals surface area contributed by atoms with E-state index in [0.29, 0.717) is 11.3 Å². The SMILES string of the molecule is CCNC(=NCC1CCN(Cc2csc(CC)n2)CC1)N1CC(C)(C)C1(C)C. The summed E-state index contributed by atoms with van der Waals surface area (Å²) in [6.45, 7) is 20.0. The summed E-state index contributed by atoms with van der Waals surface area (Å²) in [7, 11) is 0. The Labute approximate surface area is 175 Å². The number of hydrogen-bond acceptors (Lipinski definition) is 4. The number of aliphatic imine (C=N–C) groups is 1. The molecule has 1 N–H and O–H groups in total. The maximum absolute atomic E-state index is 5.05.